The maximum atomic E-state index is 12.2. The highest BCUT2D eigenvalue weighted by Gasteiger charge is 2.15. The van der Waals surface area contributed by atoms with Gasteiger partial charge in [-0.1, -0.05) is 0 Å². The van der Waals surface area contributed by atoms with Gasteiger partial charge >= 0.3 is 0 Å². The Morgan fingerprint density at radius 2 is 1.86 bits per heavy atom. The first kappa shape index (κ1) is 15.0. The SMILES string of the molecule is CCNc1ncc(S(=O)(=O)Nc2ccc(OC)nc2)cn1. The zero-order valence-electron chi connectivity index (χ0n) is 11.6. The normalized spacial score (nSPS) is 11.0. The first-order valence-corrected chi connectivity index (χ1v) is 7.62. The molecule has 2 N–H and O–H groups in total. The molecule has 0 unspecified atom stereocenters. The van der Waals surface area contributed by atoms with Gasteiger partial charge in [-0.15, -0.1) is 0 Å². The number of rotatable bonds is 6. The van der Waals surface area contributed by atoms with Crippen LogP contribution in [0.4, 0.5) is 11.6 Å². The highest BCUT2D eigenvalue weighted by Crippen LogP contribution is 2.16. The summed E-state index contributed by atoms with van der Waals surface area (Å²) < 4.78 is 31.6. The second-order valence-electron chi connectivity index (χ2n) is 3.97. The van der Waals surface area contributed by atoms with Gasteiger partial charge in [0, 0.05) is 12.6 Å². The molecule has 0 aromatic carbocycles. The van der Waals surface area contributed by atoms with Crippen LogP contribution < -0.4 is 14.8 Å². The Bertz CT molecular complexity index is 686. The number of ether oxygens (including phenoxy) is 1. The fourth-order valence-corrected chi connectivity index (χ4v) is 2.41. The van der Waals surface area contributed by atoms with Crippen molar-refractivity contribution in [2.45, 2.75) is 11.8 Å². The molecule has 0 aliphatic carbocycles. The fourth-order valence-electron chi connectivity index (χ4n) is 1.48. The van der Waals surface area contributed by atoms with Crippen molar-refractivity contribution in [2.75, 3.05) is 23.7 Å². The number of methoxy groups -OCH3 is 1. The van der Waals surface area contributed by atoms with E-state index in [1.54, 1.807) is 12.1 Å². The van der Waals surface area contributed by atoms with E-state index in [2.05, 4.69) is 25.0 Å². The second kappa shape index (κ2) is 6.35. The van der Waals surface area contributed by atoms with E-state index in [0.29, 0.717) is 24.1 Å². The Kier molecular flexibility index (Phi) is 4.53. The number of nitrogens with zero attached hydrogens (tertiary/aromatic N) is 3. The third-order valence-corrected chi connectivity index (χ3v) is 3.81. The molecule has 0 radical (unpaired) electrons. The molecule has 8 nitrogen and oxygen atoms in total. The van der Waals surface area contributed by atoms with Crippen LogP contribution in [0.15, 0.2) is 35.6 Å². The highest BCUT2D eigenvalue weighted by atomic mass is 32.2. The van der Waals surface area contributed by atoms with Crippen molar-refractivity contribution in [3.63, 3.8) is 0 Å². The van der Waals surface area contributed by atoms with E-state index in [4.69, 9.17) is 4.74 Å². The zero-order chi connectivity index (χ0) is 15.3. The predicted octanol–water partition coefficient (Wildman–Crippen LogP) is 1.11. The maximum Gasteiger partial charge on any atom is 0.265 e. The van der Waals surface area contributed by atoms with Gasteiger partial charge in [0.1, 0.15) is 4.90 Å². The van der Waals surface area contributed by atoms with Crippen molar-refractivity contribution in [2.24, 2.45) is 0 Å². The lowest BCUT2D eigenvalue weighted by atomic mass is 10.4. The van der Waals surface area contributed by atoms with E-state index in [9.17, 15) is 8.42 Å². The van der Waals surface area contributed by atoms with Gasteiger partial charge in [0.2, 0.25) is 11.8 Å². The highest BCUT2D eigenvalue weighted by molar-refractivity contribution is 7.92. The van der Waals surface area contributed by atoms with Crippen molar-refractivity contribution in [3.05, 3.63) is 30.7 Å². The topological polar surface area (TPSA) is 106 Å². The van der Waals surface area contributed by atoms with Gasteiger partial charge in [0.25, 0.3) is 10.0 Å². The van der Waals surface area contributed by atoms with Gasteiger partial charge in [-0.2, -0.15) is 0 Å². The van der Waals surface area contributed by atoms with E-state index >= 15 is 0 Å². The Balaban J connectivity index is 2.16. The standard InChI is InChI=1S/C12H15N5O3S/c1-3-13-12-15-7-10(8-16-12)21(18,19)17-9-4-5-11(20-2)14-6-9/h4-8,17H,3H2,1-2H3,(H,13,15,16). The van der Waals surface area contributed by atoms with Crippen LogP contribution in [0.2, 0.25) is 0 Å². The van der Waals surface area contributed by atoms with Gasteiger partial charge < -0.3 is 10.1 Å². The van der Waals surface area contributed by atoms with Crippen LogP contribution in [0, 0.1) is 0 Å². The molecule has 21 heavy (non-hydrogen) atoms. The summed E-state index contributed by atoms with van der Waals surface area (Å²) in [5.41, 5.74) is 0.326. The number of hydrogen-bond acceptors (Lipinski definition) is 7. The van der Waals surface area contributed by atoms with Gasteiger partial charge in [-0.05, 0) is 13.0 Å². The van der Waals surface area contributed by atoms with Crippen molar-refractivity contribution in [3.8, 4) is 5.88 Å². The number of hydrogen-bond donors (Lipinski definition) is 2. The third-order valence-electron chi connectivity index (χ3n) is 2.47. The van der Waals surface area contributed by atoms with E-state index in [-0.39, 0.29) is 4.90 Å². The number of pyridine rings is 1. The van der Waals surface area contributed by atoms with E-state index in [1.165, 1.54) is 25.7 Å². The molecule has 0 bridgehead atoms. The molecule has 0 atom stereocenters. The quantitative estimate of drug-likeness (QED) is 0.823. The molecule has 0 fully saturated rings. The van der Waals surface area contributed by atoms with E-state index in [0.717, 1.165) is 0 Å². The van der Waals surface area contributed by atoms with Crippen LogP contribution in [0.25, 0.3) is 0 Å². The molecule has 9 heteroatoms. The predicted molar refractivity (Wildman–Crippen MR) is 77.8 cm³/mol. The monoisotopic (exact) mass is 309 g/mol. The molecule has 0 aliphatic heterocycles. The van der Waals surface area contributed by atoms with Crippen LogP contribution in [0.1, 0.15) is 6.92 Å². The molecule has 112 valence electrons. The molecule has 2 aromatic heterocycles. The lowest BCUT2D eigenvalue weighted by molar-refractivity contribution is 0.398. The largest absolute Gasteiger partial charge is 0.481 e. The average Bonchev–Trinajstić information content (AvgIpc) is 2.48. The Hall–Kier alpha value is -2.42. The van der Waals surface area contributed by atoms with Gasteiger partial charge in [-0.3, -0.25) is 4.72 Å². The summed E-state index contributed by atoms with van der Waals surface area (Å²) >= 11 is 0. The van der Waals surface area contributed by atoms with Crippen LogP contribution >= 0.6 is 0 Å². The van der Waals surface area contributed by atoms with Gasteiger partial charge in [-0.25, -0.2) is 23.4 Å². The average molecular weight is 309 g/mol. The molecular formula is C12H15N5O3S. The summed E-state index contributed by atoms with van der Waals surface area (Å²) in [6.07, 6.45) is 3.85. The Labute approximate surface area is 122 Å². The lowest BCUT2D eigenvalue weighted by Gasteiger charge is -2.08. The van der Waals surface area contributed by atoms with Crippen molar-refractivity contribution < 1.29 is 13.2 Å². The van der Waals surface area contributed by atoms with Crippen molar-refractivity contribution in [1.29, 1.82) is 0 Å². The second-order valence-corrected chi connectivity index (χ2v) is 5.65. The number of anilines is 2. The lowest BCUT2D eigenvalue weighted by Crippen LogP contribution is -2.14. The first-order chi connectivity index (χ1) is 10.0. The molecule has 2 rings (SSSR count). The number of sulfonamides is 1. The summed E-state index contributed by atoms with van der Waals surface area (Å²) in [4.78, 5) is 11.7. The zero-order valence-corrected chi connectivity index (χ0v) is 12.4. The first-order valence-electron chi connectivity index (χ1n) is 6.14. The van der Waals surface area contributed by atoms with Crippen LogP contribution in [0.5, 0.6) is 5.88 Å². The number of nitrogens with one attached hydrogen (secondary N) is 2. The summed E-state index contributed by atoms with van der Waals surface area (Å²) in [6.45, 7) is 2.55. The van der Waals surface area contributed by atoms with Gasteiger partial charge in [0.15, 0.2) is 0 Å². The fraction of sp³-hybridized carbons (Fsp3) is 0.250. The van der Waals surface area contributed by atoms with Crippen LogP contribution in [-0.4, -0.2) is 37.0 Å². The molecule has 0 aliphatic rings. The van der Waals surface area contributed by atoms with E-state index < -0.39 is 10.0 Å². The van der Waals surface area contributed by atoms with Crippen molar-refractivity contribution >= 4 is 21.7 Å². The minimum Gasteiger partial charge on any atom is -0.481 e. The minimum absolute atomic E-state index is 0.0278. The van der Waals surface area contributed by atoms with E-state index in [1.807, 2.05) is 6.92 Å². The third kappa shape index (κ3) is 3.78. The molecule has 0 saturated carbocycles. The molecular weight excluding hydrogens is 294 g/mol. The summed E-state index contributed by atoms with van der Waals surface area (Å²) in [7, 11) is -2.27. The molecule has 0 amide bonds. The molecule has 0 spiro atoms. The van der Waals surface area contributed by atoms with Gasteiger partial charge in [0.05, 0.1) is 31.4 Å². The Morgan fingerprint density at radius 3 is 2.38 bits per heavy atom. The number of aromatic nitrogens is 3. The Morgan fingerprint density at radius 1 is 1.14 bits per heavy atom. The summed E-state index contributed by atoms with van der Waals surface area (Å²) in [6, 6.07) is 3.11. The maximum absolute atomic E-state index is 12.2. The molecule has 2 aromatic rings. The van der Waals surface area contributed by atoms with Crippen LogP contribution in [0.3, 0.4) is 0 Å². The molecule has 0 saturated heterocycles. The minimum atomic E-state index is -3.75. The van der Waals surface area contributed by atoms with Crippen LogP contribution in [-0.2, 0) is 10.0 Å². The molecule has 2 heterocycles. The summed E-state index contributed by atoms with van der Waals surface area (Å²) in [5, 5.41) is 2.89. The smallest absolute Gasteiger partial charge is 0.265 e. The van der Waals surface area contributed by atoms with Crippen molar-refractivity contribution in [1.82, 2.24) is 15.0 Å². The summed E-state index contributed by atoms with van der Waals surface area (Å²) in [5.74, 6) is 0.777.